The van der Waals surface area contributed by atoms with E-state index in [0.717, 1.165) is 32.2 Å². The van der Waals surface area contributed by atoms with Gasteiger partial charge in [0.2, 0.25) is 0 Å². The van der Waals surface area contributed by atoms with Gasteiger partial charge in [-0.1, -0.05) is 18.9 Å². The Hall–Kier alpha value is -2.54. The fourth-order valence-electron chi connectivity index (χ4n) is 3.37. The number of hydrogen-bond donors (Lipinski definition) is 0. The summed E-state index contributed by atoms with van der Waals surface area (Å²) in [6.07, 6.45) is 6.34. The van der Waals surface area contributed by atoms with Crippen LogP contribution in [0.5, 0.6) is 0 Å². The van der Waals surface area contributed by atoms with Gasteiger partial charge in [-0.3, -0.25) is 4.79 Å². The number of likely N-dealkylation sites (tertiary alicyclic amines) is 1. The first-order valence-electron chi connectivity index (χ1n) is 8.13. The van der Waals surface area contributed by atoms with Crippen molar-refractivity contribution in [2.75, 3.05) is 6.54 Å². The number of amides is 1. The summed E-state index contributed by atoms with van der Waals surface area (Å²) in [5.74, 6) is 0.0233. The number of benzene rings is 1. The van der Waals surface area contributed by atoms with Gasteiger partial charge < -0.3 is 9.47 Å². The number of nitrogens with zero attached hydrogens (tertiary/aromatic N) is 3. The minimum atomic E-state index is 0.0233. The molecule has 23 heavy (non-hydrogen) atoms. The van der Waals surface area contributed by atoms with Crippen molar-refractivity contribution in [1.29, 1.82) is 5.26 Å². The van der Waals surface area contributed by atoms with Crippen LogP contribution in [0.25, 0.3) is 0 Å². The normalized spacial score (nSPS) is 18.3. The van der Waals surface area contributed by atoms with Crippen molar-refractivity contribution in [3.8, 4) is 6.07 Å². The number of carbonyl (C=O) groups excluding carboxylic acids is 1. The molecule has 1 fully saturated rings. The fourth-order valence-corrected chi connectivity index (χ4v) is 3.37. The first kappa shape index (κ1) is 15.4. The second-order valence-electron chi connectivity index (χ2n) is 6.10. The van der Waals surface area contributed by atoms with E-state index < -0.39 is 0 Å². The third kappa shape index (κ3) is 3.14. The Labute approximate surface area is 137 Å². The largest absolute Gasteiger partial charge is 0.353 e. The van der Waals surface area contributed by atoms with Gasteiger partial charge in [0, 0.05) is 31.0 Å². The molecule has 1 atom stereocenters. The van der Waals surface area contributed by atoms with Crippen LogP contribution >= 0.6 is 0 Å². The van der Waals surface area contributed by atoms with Crippen LogP contribution in [0, 0.1) is 11.3 Å². The number of carbonyl (C=O) groups is 1. The summed E-state index contributed by atoms with van der Waals surface area (Å²) in [5.41, 5.74) is 2.31. The SMILES string of the molecule is Cn1cccc1[C@H]1CCCCCN1C(=O)c1cccc(C#N)c1. The van der Waals surface area contributed by atoms with Crippen LogP contribution in [0.15, 0.2) is 42.6 Å². The van der Waals surface area contributed by atoms with Gasteiger partial charge in [0.1, 0.15) is 0 Å². The molecule has 2 heterocycles. The first-order valence-corrected chi connectivity index (χ1v) is 8.13. The highest BCUT2D eigenvalue weighted by molar-refractivity contribution is 5.94. The molecular formula is C19H21N3O. The van der Waals surface area contributed by atoms with E-state index >= 15 is 0 Å². The van der Waals surface area contributed by atoms with Crippen LogP contribution in [-0.2, 0) is 7.05 Å². The summed E-state index contributed by atoms with van der Waals surface area (Å²) in [5, 5.41) is 9.06. The van der Waals surface area contributed by atoms with Crippen LogP contribution in [-0.4, -0.2) is 21.9 Å². The van der Waals surface area contributed by atoms with Gasteiger partial charge in [-0.25, -0.2) is 0 Å². The zero-order valence-electron chi connectivity index (χ0n) is 13.4. The van der Waals surface area contributed by atoms with Crippen LogP contribution in [0.4, 0.5) is 0 Å². The number of aryl methyl sites for hydroxylation is 1. The number of rotatable bonds is 2. The Bertz CT molecular complexity index is 741. The van der Waals surface area contributed by atoms with Crippen LogP contribution in [0.3, 0.4) is 0 Å². The van der Waals surface area contributed by atoms with Gasteiger partial charge in [0.25, 0.3) is 5.91 Å². The summed E-state index contributed by atoms with van der Waals surface area (Å²) in [6, 6.07) is 13.3. The highest BCUT2D eigenvalue weighted by Gasteiger charge is 2.28. The Balaban J connectivity index is 1.94. The minimum Gasteiger partial charge on any atom is -0.353 e. The highest BCUT2D eigenvalue weighted by atomic mass is 16.2. The third-order valence-corrected chi connectivity index (χ3v) is 4.58. The minimum absolute atomic E-state index is 0.0233. The second kappa shape index (κ2) is 6.70. The van der Waals surface area contributed by atoms with Gasteiger partial charge in [-0.05, 0) is 43.2 Å². The predicted molar refractivity (Wildman–Crippen MR) is 88.8 cm³/mol. The summed E-state index contributed by atoms with van der Waals surface area (Å²) in [7, 11) is 2.03. The maximum atomic E-state index is 13.0. The molecule has 0 radical (unpaired) electrons. The van der Waals surface area contributed by atoms with Gasteiger partial charge >= 0.3 is 0 Å². The van der Waals surface area contributed by atoms with Gasteiger partial charge in [0.05, 0.1) is 17.7 Å². The second-order valence-corrected chi connectivity index (χ2v) is 6.10. The van der Waals surface area contributed by atoms with Crippen molar-refractivity contribution in [3.63, 3.8) is 0 Å². The van der Waals surface area contributed by atoms with E-state index in [1.54, 1.807) is 24.3 Å². The van der Waals surface area contributed by atoms with E-state index in [0.29, 0.717) is 11.1 Å². The maximum Gasteiger partial charge on any atom is 0.254 e. The molecule has 4 heteroatoms. The van der Waals surface area contributed by atoms with Crippen molar-refractivity contribution in [3.05, 3.63) is 59.4 Å². The lowest BCUT2D eigenvalue weighted by Crippen LogP contribution is -2.35. The molecule has 1 aliphatic rings. The van der Waals surface area contributed by atoms with Crippen molar-refractivity contribution >= 4 is 5.91 Å². The van der Waals surface area contributed by atoms with Gasteiger partial charge in [0.15, 0.2) is 0 Å². The predicted octanol–water partition coefficient (Wildman–Crippen LogP) is 3.65. The molecular weight excluding hydrogens is 286 g/mol. The molecule has 4 nitrogen and oxygen atoms in total. The summed E-state index contributed by atoms with van der Waals surface area (Å²) in [4.78, 5) is 15.0. The number of hydrogen-bond acceptors (Lipinski definition) is 2. The molecule has 2 aromatic rings. The van der Waals surface area contributed by atoms with Crippen molar-refractivity contribution in [2.24, 2.45) is 7.05 Å². The maximum absolute atomic E-state index is 13.0. The van der Waals surface area contributed by atoms with E-state index in [4.69, 9.17) is 5.26 Å². The molecule has 0 unspecified atom stereocenters. The van der Waals surface area contributed by atoms with Crippen molar-refractivity contribution in [2.45, 2.75) is 31.7 Å². The van der Waals surface area contributed by atoms with Crippen LogP contribution < -0.4 is 0 Å². The van der Waals surface area contributed by atoms with Crippen LogP contribution in [0.2, 0.25) is 0 Å². The lowest BCUT2D eigenvalue weighted by atomic mass is 10.0. The van der Waals surface area contributed by atoms with Crippen LogP contribution in [0.1, 0.15) is 53.3 Å². The molecule has 0 saturated carbocycles. The molecule has 0 bridgehead atoms. The fraction of sp³-hybridized carbons (Fsp3) is 0.368. The third-order valence-electron chi connectivity index (χ3n) is 4.58. The smallest absolute Gasteiger partial charge is 0.254 e. The Morgan fingerprint density at radius 2 is 2.09 bits per heavy atom. The average Bonchev–Trinajstić information content (AvgIpc) is 2.86. The zero-order chi connectivity index (χ0) is 16.2. The molecule has 3 rings (SSSR count). The molecule has 1 aromatic heterocycles. The Kier molecular flexibility index (Phi) is 4.47. The standard InChI is InChI=1S/C19H21N3O/c1-21-11-6-10-17(21)18-9-3-2-4-12-22(18)19(23)16-8-5-7-15(13-16)14-20/h5-8,10-11,13,18H,2-4,9,12H2,1H3/t18-/m1/s1. The van der Waals surface area contributed by atoms with Crippen molar-refractivity contribution in [1.82, 2.24) is 9.47 Å². The average molecular weight is 307 g/mol. The number of nitriles is 1. The van der Waals surface area contributed by atoms with Crippen molar-refractivity contribution < 1.29 is 4.79 Å². The molecule has 0 spiro atoms. The summed E-state index contributed by atoms with van der Waals surface area (Å²) in [6.45, 7) is 0.769. The Morgan fingerprint density at radius 1 is 1.22 bits per heavy atom. The van der Waals surface area contributed by atoms with E-state index in [9.17, 15) is 4.79 Å². The lowest BCUT2D eigenvalue weighted by Gasteiger charge is -2.30. The highest BCUT2D eigenvalue weighted by Crippen LogP contribution is 2.31. The quantitative estimate of drug-likeness (QED) is 0.850. The first-order chi connectivity index (χ1) is 11.2. The number of aromatic nitrogens is 1. The summed E-state index contributed by atoms with van der Waals surface area (Å²) < 4.78 is 2.10. The van der Waals surface area contributed by atoms with E-state index in [-0.39, 0.29) is 11.9 Å². The van der Waals surface area contributed by atoms with Gasteiger partial charge in [-0.2, -0.15) is 5.26 Å². The molecule has 0 aliphatic carbocycles. The monoisotopic (exact) mass is 307 g/mol. The van der Waals surface area contributed by atoms with E-state index in [1.165, 1.54) is 5.69 Å². The summed E-state index contributed by atoms with van der Waals surface area (Å²) >= 11 is 0. The molecule has 1 amide bonds. The zero-order valence-corrected chi connectivity index (χ0v) is 13.4. The molecule has 1 aromatic carbocycles. The molecule has 1 saturated heterocycles. The molecule has 0 N–H and O–H groups in total. The lowest BCUT2D eigenvalue weighted by molar-refractivity contribution is 0.0674. The Morgan fingerprint density at radius 3 is 2.83 bits per heavy atom. The van der Waals surface area contributed by atoms with Gasteiger partial charge in [-0.15, -0.1) is 0 Å². The molecule has 118 valence electrons. The van der Waals surface area contributed by atoms with E-state index in [1.807, 2.05) is 24.2 Å². The molecule has 1 aliphatic heterocycles. The topological polar surface area (TPSA) is 49.0 Å². The van der Waals surface area contributed by atoms with E-state index in [2.05, 4.69) is 16.7 Å².